The fourth-order valence-corrected chi connectivity index (χ4v) is 2.95. The fourth-order valence-electron chi connectivity index (χ4n) is 2.23. The number of ether oxygens (including phenoxy) is 1. The molecular formula is C13H15N3O3S. The first kappa shape index (κ1) is 13.3. The highest BCUT2D eigenvalue weighted by molar-refractivity contribution is 7.08. The maximum Gasteiger partial charge on any atom is 0.267 e. The van der Waals surface area contributed by atoms with Gasteiger partial charge in [-0.15, -0.1) is 5.10 Å². The summed E-state index contributed by atoms with van der Waals surface area (Å²) < 4.78 is 14.9. The van der Waals surface area contributed by atoms with Crippen molar-refractivity contribution in [3.05, 3.63) is 34.7 Å². The van der Waals surface area contributed by atoms with Gasteiger partial charge in [0.05, 0.1) is 25.1 Å². The van der Waals surface area contributed by atoms with Crippen molar-refractivity contribution in [1.82, 2.24) is 14.5 Å². The molecule has 0 aliphatic carbocycles. The number of carbonyl (C=O) groups is 1. The molecule has 1 fully saturated rings. The van der Waals surface area contributed by atoms with Crippen LogP contribution in [0.4, 0.5) is 0 Å². The highest BCUT2D eigenvalue weighted by atomic mass is 32.1. The maximum absolute atomic E-state index is 12.5. The second-order valence-electron chi connectivity index (χ2n) is 4.53. The molecule has 3 rings (SSSR count). The summed E-state index contributed by atoms with van der Waals surface area (Å²) in [4.78, 5) is 14.9. The van der Waals surface area contributed by atoms with Crippen molar-refractivity contribution in [1.29, 1.82) is 0 Å². The third-order valence-electron chi connectivity index (χ3n) is 3.30. The molecule has 20 heavy (non-hydrogen) atoms. The number of aryl methyl sites for hydroxylation is 1. The van der Waals surface area contributed by atoms with Gasteiger partial charge < -0.3 is 14.1 Å². The zero-order valence-electron chi connectivity index (χ0n) is 11.1. The van der Waals surface area contributed by atoms with E-state index in [0.717, 1.165) is 23.0 Å². The van der Waals surface area contributed by atoms with Crippen molar-refractivity contribution in [2.45, 2.75) is 19.4 Å². The Morgan fingerprint density at radius 2 is 2.50 bits per heavy atom. The standard InChI is InChI=1S/C13H15N3O3S/c1-2-9-12(20-15-14-9)13(17)16-5-7-19-11(8-16)10-4-3-6-18-10/h3-4,6,11H,2,5,7-8H2,1H3. The van der Waals surface area contributed by atoms with Crippen LogP contribution in [0.25, 0.3) is 0 Å². The summed E-state index contributed by atoms with van der Waals surface area (Å²) in [5, 5.41) is 3.99. The van der Waals surface area contributed by atoms with E-state index in [-0.39, 0.29) is 12.0 Å². The van der Waals surface area contributed by atoms with Crippen LogP contribution in [0, 0.1) is 0 Å². The highest BCUT2D eigenvalue weighted by Crippen LogP contribution is 2.24. The van der Waals surface area contributed by atoms with Gasteiger partial charge in [-0.2, -0.15) is 0 Å². The summed E-state index contributed by atoms with van der Waals surface area (Å²) in [6.07, 6.45) is 2.12. The first-order chi connectivity index (χ1) is 9.79. The molecule has 0 saturated carbocycles. The minimum atomic E-state index is -0.200. The molecule has 0 bridgehead atoms. The molecule has 6 nitrogen and oxygen atoms in total. The van der Waals surface area contributed by atoms with Crippen LogP contribution in [-0.4, -0.2) is 40.1 Å². The van der Waals surface area contributed by atoms with Crippen molar-refractivity contribution in [2.75, 3.05) is 19.7 Å². The van der Waals surface area contributed by atoms with Crippen molar-refractivity contribution in [2.24, 2.45) is 0 Å². The van der Waals surface area contributed by atoms with Crippen LogP contribution in [0.5, 0.6) is 0 Å². The van der Waals surface area contributed by atoms with E-state index < -0.39 is 0 Å². The quantitative estimate of drug-likeness (QED) is 0.864. The van der Waals surface area contributed by atoms with E-state index in [1.807, 2.05) is 19.1 Å². The van der Waals surface area contributed by atoms with E-state index >= 15 is 0 Å². The summed E-state index contributed by atoms with van der Waals surface area (Å²) in [5.41, 5.74) is 0.765. The van der Waals surface area contributed by atoms with E-state index in [1.165, 1.54) is 0 Å². The molecule has 1 amide bonds. The maximum atomic E-state index is 12.5. The number of carbonyl (C=O) groups excluding carboxylic acids is 1. The average molecular weight is 293 g/mol. The first-order valence-corrected chi connectivity index (χ1v) is 7.32. The third kappa shape index (κ3) is 2.46. The summed E-state index contributed by atoms with van der Waals surface area (Å²) >= 11 is 1.16. The summed E-state index contributed by atoms with van der Waals surface area (Å²) in [6.45, 7) is 3.55. The Labute approximate surface area is 120 Å². The van der Waals surface area contributed by atoms with Gasteiger partial charge >= 0.3 is 0 Å². The van der Waals surface area contributed by atoms with E-state index in [1.54, 1.807) is 11.2 Å². The fraction of sp³-hybridized carbons (Fsp3) is 0.462. The predicted octanol–water partition coefficient (Wildman–Crippen LogP) is 1.91. The van der Waals surface area contributed by atoms with Crippen LogP contribution in [-0.2, 0) is 11.2 Å². The Bertz CT molecular complexity index is 581. The number of rotatable bonds is 3. The molecule has 0 N–H and O–H groups in total. The SMILES string of the molecule is CCc1nnsc1C(=O)N1CCOC(c2ccco2)C1. The van der Waals surface area contributed by atoms with Crippen LogP contribution in [0.15, 0.2) is 22.8 Å². The summed E-state index contributed by atoms with van der Waals surface area (Å²) in [6, 6.07) is 3.69. The monoisotopic (exact) mass is 293 g/mol. The van der Waals surface area contributed by atoms with Gasteiger partial charge in [-0.25, -0.2) is 0 Å². The van der Waals surface area contributed by atoms with Crippen LogP contribution < -0.4 is 0 Å². The Morgan fingerprint density at radius 3 is 3.25 bits per heavy atom. The van der Waals surface area contributed by atoms with E-state index in [4.69, 9.17) is 9.15 Å². The number of furan rings is 1. The van der Waals surface area contributed by atoms with Gasteiger partial charge in [0, 0.05) is 6.54 Å². The second kappa shape index (κ2) is 5.72. The Hall–Kier alpha value is -1.73. The molecule has 106 valence electrons. The van der Waals surface area contributed by atoms with Gasteiger partial charge in [0.15, 0.2) is 0 Å². The number of hydrogen-bond donors (Lipinski definition) is 0. The third-order valence-corrected chi connectivity index (χ3v) is 4.06. The number of hydrogen-bond acceptors (Lipinski definition) is 6. The predicted molar refractivity (Wildman–Crippen MR) is 72.6 cm³/mol. The molecule has 0 aromatic carbocycles. The lowest BCUT2D eigenvalue weighted by atomic mass is 10.2. The normalized spacial score (nSPS) is 19.2. The van der Waals surface area contributed by atoms with E-state index in [0.29, 0.717) is 31.0 Å². The number of amides is 1. The lowest BCUT2D eigenvalue weighted by Gasteiger charge is -2.31. The smallest absolute Gasteiger partial charge is 0.267 e. The van der Waals surface area contributed by atoms with Gasteiger partial charge in [-0.05, 0) is 30.1 Å². The molecule has 2 aromatic heterocycles. The molecular weight excluding hydrogens is 278 g/mol. The largest absolute Gasteiger partial charge is 0.467 e. The number of nitrogens with zero attached hydrogens (tertiary/aromatic N) is 3. The Balaban J connectivity index is 1.75. The molecule has 1 aliphatic rings. The summed E-state index contributed by atoms with van der Waals surface area (Å²) in [7, 11) is 0. The minimum Gasteiger partial charge on any atom is -0.467 e. The van der Waals surface area contributed by atoms with E-state index in [2.05, 4.69) is 9.59 Å². The van der Waals surface area contributed by atoms with E-state index in [9.17, 15) is 4.79 Å². The van der Waals surface area contributed by atoms with Gasteiger partial charge in [0.25, 0.3) is 5.91 Å². The zero-order valence-corrected chi connectivity index (χ0v) is 11.9. The molecule has 1 aliphatic heterocycles. The van der Waals surface area contributed by atoms with Crippen molar-refractivity contribution < 1.29 is 13.9 Å². The van der Waals surface area contributed by atoms with Gasteiger partial charge in [-0.3, -0.25) is 4.79 Å². The topological polar surface area (TPSA) is 68.5 Å². The molecule has 3 heterocycles. The van der Waals surface area contributed by atoms with Gasteiger partial charge in [0.1, 0.15) is 16.7 Å². The Morgan fingerprint density at radius 1 is 1.60 bits per heavy atom. The molecule has 2 aromatic rings. The highest BCUT2D eigenvalue weighted by Gasteiger charge is 2.29. The molecule has 0 radical (unpaired) electrons. The van der Waals surface area contributed by atoms with Gasteiger partial charge in [0.2, 0.25) is 0 Å². The molecule has 1 atom stereocenters. The van der Waals surface area contributed by atoms with Crippen molar-refractivity contribution >= 4 is 17.4 Å². The average Bonchev–Trinajstić information content (AvgIpc) is 3.17. The Kier molecular flexibility index (Phi) is 3.79. The number of aromatic nitrogens is 2. The first-order valence-electron chi connectivity index (χ1n) is 6.55. The second-order valence-corrected chi connectivity index (χ2v) is 5.28. The van der Waals surface area contributed by atoms with Crippen LogP contribution in [0.3, 0.4) is 0 Å². The van der Waals surface area contributed by atoms with Gasteiger partial charge in [-0.1, -0.05) is 11.4 Å². The minimum absolute atomic E-state index is 0.0169. The lowest BCUT2D eigenvalue weighted by Crippen LogP contribution is -2.42. The molecule has 7 heteroatoms. The van der Waals surface area contributed by atoms with Crippen LogP contribution >= 0.6 is 11.5 Å². The van der Waals surface area contributed by atoms with Crippen LogP contribution in [0.2, 0.25) is 0 Å². The molecule has 0 spiro atoms. The number of morpholine rings is 1. The van der Waals surface area contributed by atoms with Crippen molar-refractivity contribution in [3.63, 3.8) is 0 Å². The van der Waals surface area contributed by atoms with Crippen molar-refractivity contribution in [3.8, 4) is 0 Å². The zero-order chi connectivity index (χ0) is 13.9. The lowest BCUT2D eigenvalue weighted by molar-refractivity contribution is -0.0320. The van der Waals surface area contributed by atoms with Crippen LogP contribution in [0.1, 0.15) is 34.2 Å². The summed E-state index contributed by atoms with van der Waals surface area (Å²) in [5.74, 6) is 0.734. The molecule has 1 unspecified atom stereocenters. The molecule has 1 saturated heterocycles.